The van der Waals surface area contributed by atoms with Gasteiger partial charge in [0.25, 0.3) is 5.91 Å². The predicted molar refractivity (Wildman–Crippen MR) is 90.6 cm³/mol. The average molecular weight is 311 g/mol. The highest BCUT2D eigenvalue weighted by molar-refractivity contribution is 5.98. The number of primary amides is 1. The fourth-order valence-corrected chi connectivity index (χ4v) is 2.84. The quantitative estimate of drug-likeness (QED) is 0.902. The van der Waals surface area contributed by atoms with E-state index in [4.69, 9.17) is 5.73 Å². The number of aryl methyl sites for hydroxylation is 1. The van der Waals surface area contributed by atoms with Gasteiger partial charge < -0.3 is 16.0 Å². The summed E-state index contributed by atoms with van der Waals surface area (Å²) in [4.78, 5) is 22.2. The predicted octanol–water partition coefficient (Wildman–Crippen LogP) is 1.96. The number of amides is 1. The van der Waals surface area contributed by atoms with Crippen LogP contribution in [0.3, 0.4) is 0 Å². The molecule has 6 nitrogen and oxygen atoms in total. The molecule has 1 fully saturated rings. The maximum atomic E-state index is 11.5. The molecule has 1 aliphatic rings. The van der Waals surface area contributed by atoms with Gasteiger partial charge in [0, 0.05) is 37.7 Å². The number of piperidine rings is 1. The van der Waals surface area contributed by atoms with E-state index in [2.05, 4.69) is 32.3 Å². The zero-order valence-corrected chi connectivity index (χ0v) is 13.2. The molecule has 3 N–H and O–H groups in total. The molecule has 0 atom stereocenters. The zero-order chi connectivity index (χ0) is 16.2. The summed E-state index contributed by atoms with van der Waals surface area (Å²) in [6, 6.07) is 6.27. The molecule has 2 aromatic rings. The lowest BCUT2D eigenvalue weighted by Gasteiger charge is -2.33. The number of rotatable bonds is 4. The van der Waals surface area contributed by atoms with Crippen LogP contribution in [-0.4, -0.2) is 35.0 Å². The summed E-state index contributed by atoms with van der Waals surface area (Å²) in [5.74, 6) is 0.567. The highest BCUT2D eigenvalue weighted by atomic mass is 16.1. The SMILES string of the molecule is Cc1ccc(N2CCC(Nc3ccncc3C(N)=O)CC2)nc1. The third kappa shape index (κ3) is 3.59. The van der Waals surface area contributed by atoms with Gasteiger partial charge in [0.05, 0.1) is 11.3 Å². The fraction of sp³-hybridized carbons (Fsp3) is 0.353. The van der Waals surface area contributed by atoms with Crippen LogP contribution in [0.2, 0.25) is 0 Å². The molecule has 0 aliphatic carbocycles. The van der Waals surface area contributed by atoms with Crippen molar-refractivity contribution in [2.24, 2.45) is 5.73 Å². The minimum Gasteiger partial charge on any atom is -0.381 e. The van der Waals surface area contributed by atoms with Crippen molar-refractivity contribution in [3.05, 3.63) is 47.9 Å². The Hall–Kier alpha value is -2.63. The monoisotopic (exact) mass is 311 g/mol. The molecule has 6 heteroatoms. The third-order valence-electron chi connectivity index (χ3n) is 4.16. The van der Waals surface area contributed by atoms with Crippen LogP contribution < -0.4 is 16.0 Å². The van der Waals surface area contributed by atoms with E-state index in [1.807, 2.05) is 13.1 Å². The number of hydrogen-bond acceptors (Lipinski definition) is 5. The second-order valence-corrected chi connectivity index (χ2v) is 5.88. The largest absolute Gasteiger partial charge is 0.381 e. The molecule has 0 aromatic carbocycles. The van der Waals surface area contributed by atoms with Gasteiger partial charge >= 0.3 is 0 Å². The minimum absolute atomic E-state index is 0.317. The van der Waals surface area contributed by atoms with Gasteiger partial charge in [-0.25, -0.2) is 4.98 Å². The van der Waals surface area contributed by atoms with Gasteiger partial charge in [-0.2, -0.15) is 0 Å². The van der Waals surface area contributed by atoms with Crippen molar-refractivity contribution in [3.63, 3.8) is 0 Å². The number of pyridine rings is 2. The lowest BCUT2D eigenvalue weighted by molar-refractivity contribution is 0.100. The fourth-order valence-electron chi connectivity index (χ4n) is 2.84. The number of carbonyl (C=O) groups is 1. The number of hydrogen-bond donors (Lipinski definition) is 2. The van der Waals surface area contributed by atoms with Gasteiger partial charge in [0.15, 0.2) is 0 Å². The van der Waals surface area contributed by atoms with E-state index in [1.54, 1.807) is 12.3 Å². The van der Waals surface area contributed by atoms with E-state index in [-0.39, 0.29) is 0 Å². The number of carbonyl (C=O) groups excluding carboxylic acids is 1. The number of aromatic nitrogens is 2. The molecule has 0 bridgehead atoms. The molecule has 0 unspecified atom stereocenters. The topological polar surface area (TPSA) is 84.1 Å². The second kappa shape index (κ2) is 6.64. The van der Waals surface area contributed by atoms with Crippen molar-refractivity contribution in [2.45, 2.75) is 25.8 Å². The number of anilines is 2. The van der Waals surface area contributed by atoms with Crippen LogP contribution in [0.1, 0.15) is 28.8 Å². The van der Waals surface area contributed by atoms with Crippen molar-refractivity contribution in [2.75, 3.05) is 23.3 Å². The molecule has 1 aliphatic heterocycles. The van der Waals surface area contributed by atoms with Crippen molar-refractivity contribution in [1.82, 2.24) is 9.97 Å². The Morgan fingerprint density at radius 3 is 2.70 bits per heavy atom. The summed E-state index contributed by atoms with van der Waals surface area (Å²) in [7, 11) is 0. The molecular weight excluding hydrogens is 290 g/mol. The third-order valence-corrected chi connectivity index (χ3v) is 4.16. The lowest BCUT2D eigenvalue weighted by atomic mass is 10.0. The molecule has 0 saturated carbocycles. The molecular formula is C17H21N5O. The molecule has 3 rings (SSSR count). The van der Waals surface area contributed by atoms with E-state index in [0.29, 0.717) is 11.6 Å². The van der Waals surface area contributed by atoms with E-state index in [0.717, 1.165) is 37.4 Å². The molecule has 2 aromatic heterocycles. The molecule has 120 valence electrons. The Kier molecular flexibility index (Phi) is 4.41. The molecule has 23 heavy (non-hydrogen) atoms. The summed E-state index contributed by atoms with van der Waals surface area (Å²) in [6.07, 6.45) is 7.04. The molecule has 1 amide bonds. The van der Waals surface area contributed by atoms with Crippen molar-refractivity contribution in [3.8, 4) is 0 Å². The smallest absolute Gasteiger partial charge is 0.252 e. The second-order valence-electron chi connectivity index (χ2n) is 5.88. The van der Waals surface area contributed by atoms with Crippen LogP contribution in [-0.2, 0) is 0 Å². The van der Waals surface area contributed by atoms with E-state index in [9.17, 15) is 4.79 Å². The van der Waals surface area contributed by atoms with Crippen LogP contribution in [0, 0.1) is 6.92 Å². The summed E-state index contributed by atoms with van der Waals surface area (Å²) in [5.41, 5.74) is 7.77. The zero-order valence-electron chi connectivity index (χ0n) is 13.2. The maximum Gasteiger partial charge on any atom is 0.252 e. The molecule has 0 spiro atoms. The maximum absolute atomic E-state index is 11.5. The Labute approximate surface area is 135 Å². The van der Waals surface area contributed by atoms with E-state index >= 15 is 0 Å². The van der Waals surface area contributed by atoms with Gasteiger partial charge in [-0.1, -0.05) is 6.07 Å². The summed E-state index contributed by atoms with van der Waals surface area (Å²) in [5, 5.41) is 3.42. The highest BCUT2D eigenvalue weighted by Crippen LogP contribution is 2.22. The normalized spacial score (nSPS) is 15.4. The van der Waals surface area contributed by atoms with Gasteiger partial charge in [-0.05, 0) is 37.5 Å². The Bertz CT molecular complexity index is 678. The van der Waals surface area contributed by atoms with Crippen molar-refractivity contribution in [1.29, 1.82) is 0 Å². The van der Waals surface area contributed by atoms with Gasteiger partial charge in [-0.3, -0.25) is 9.78 Å². The minimum atomic E-state index is -0.457. The number of nitrogens with one attached hydrogen (secondary N) is 1. The first-order valence-electron chi connectivity index (χ1n) is 7.81. The van der Waals surface area contributed by atoms with Gasteiger partial charge in [0.1, 0.15) is 5.82 Å². The first kappa shape index (κ1) is 15.3. The molecule has 3 heterocycles. The van der Waals surface area contributed by atoms with Gasteiger partial charge in [0.2, 0.25) is 0 Å². The number of nitrogens with two attached hydrogens (primary N) is 1. The number of nitrogens with zero attached hydrogens (tertiary/aromatic N) is 3. The summed E-state index contributed by atoms with van der Waals surface area (Å²) < 4.78 is 0. The van der Waals surface area contributed by atoms with Crippen LogP contribution in [0.4, 0.5) is 11.5 Å². The highest BCUT2D eigenvalue weighted by Gasteiger charge is 2.21. The van der Waals surface area contributed by atoms with Crippen molar-refractivity contribution >= 4 is 17.4 Å². The van der Waals surface area contributed by atoms with Gasteiger partial charge in [-0.15, -0.1) is 0 Å². The standard InChI is InChI=1S/C17H21N5O/c1-12-2-3-16(20-10-12)22-8-5-13(6-9-22)21-15-4-7-19-11-14(15)17(18)23/h2-4,7,10-11,13H,5-6,8-9H2,1H3,(H2,18,23)(H,19,21). The van der Waals surface area contributed by atoms with Crippen LogP contribution in [0.5, 0.6) is 0 Å². The van der Waals surface area contributed by atoms with Crippen LogP contribution >= 0.6 is 0 Å². The lowest BCUT2D eigenvalue weighted by Crippen LogP contribution is -2.39. The van der Waals surface area contributed by atoms with Crippen molar-refractivity contribution < 1.29 is 4.79 Å². The summed E-state index contributed by atoms with van der Waals surface area (Å²) in [6.45, 7) is 3.91. The van der Waals surface area contributed by atoms with Crippen LogP contribution in [0.25, 0.3) is 0 Å². The molecule has 1 saturated heterocycles. The van der Waals surface area contributed by atoms with Crippen LogP contribution in [0.15, 0.2) is 36.8 Å². The summed E-state index contributed by atoms with van der Waals surface area (Å²) >= 11 is 0. The Morgan fingerprint density at radius 1 is 1.26 bits per heavy atom. The molecule has 0 radical (unpaired) electrons. The first-order chi connectivity index (χ1) is 11.1. The first-order valence-corrected chi connectivity index (χ1v) is 7.81. The Morgan fingerprint density at radius 2 is 2.04 bits per heavy atom. The van der Waals surface area contributed by atoms with E-state index < -0.39 is 5.91 Å². The average Bonchev–Trinajstić information content (AvgIpc) is 2.57. The van der Waals surface area contributed by atoms with E-state index in [1.165, 1.54) is 11.8 Å². The Balaban J connectivity index is 1.61.